The molecule has 1 aliphatic heterocycles. The van der Waals surface area contributed by atoms with E-state index in [-0.39, 0.29) is 5.54 Å². The molecule has 0 unspecified atom stereocenters. The minimum absolute atomic E-state index is 0.00510. The summed E-state index contributed by atoms with van der Waals surface area (Å²) in [5, 5.41) is 4.32. The molecule has 25 heavy (non-hydrogen) atoms. The molecule has 1 heterocycles. The van der Waals surface area contributed by atoms with Crippen molar-refractivity contribution in [3.63, 3.8) is 0 Å². The number of rotatable bonds is 4. The van der Waals surface area contributed by atoms with Crippen LogP contribution >= 0.6 is 0 Å². The fourth-order valence-electron chi connectivity index (χ4n) is 2.95. The lowest BCUT2D eigenvalue weighted by atomic mass is 9.89. The maximum absolute atomic E-state index is 5.15. The van der Waals surface area contributed by atoms with Gasteiger partial charge in [0.25, 0.3) is 0 Å². The molecule has 128 valence electrons. The van der Waals surface area contributed by atoms with E-state index in [0.29, 0.717) is 0 Å². The Kier molecular flexibility index (Phi) is 4.98. The van der Waals surface area contributed by atoms with Crippen molar-refractivity contribution < 1.29 is 9.73 Å². The molecule has 3 rings (SSSR count). The first kappa shape index (κ1) is 17.0. The molecule has 4 nitrogen and oxygen atoms in total. The van der Waals surface area contributed by atoms with Crippen LogP contribution in [0.4, 0.5) is 0 Å². The summed E-state index contributed by atoms with van der Waals surface area (Å²) in [6.07, 6.45) is 6.66. The lowest BCUT2D eigenvalue weighted by molar-refractivity contribution is -0.547. The van der Waals surface area contributed by atoms with Gasteiger partial charge in [0, 0.05) is 6.42 Å². The van der Waals surface area contributed by atoms with Crippen molar-refractivity contribution in [1.82, 2.24) is 5.43 Å². The van der Waals surface area contributed by atoms with E-state index in [1.54, 1.807) is 13.3 Å². The number of ether oxygens (including phenoxy) is 1. The summed E-state index contributed by atoms with van der Waals surface area (Å²) < 4.78 is 5.15. The molecule has 0 aliphatic carbocycles. The lowest BCUT2D eigenvalue weighted by Crippen LogP contribution is -2.89. The van der Waals surface area contributed by atoms with Crippen LogP contribution in [0.25, 0.3) is 6.08 Å². The van der Waals surface area contributed by atoms with E-state index in [1.165, 1.54) is 11.1 Å². The number of hydrazone groups is 1. The topological polar surface area (TPSA) is 47.6 Å². The molecule has 0 fully saturated rings. The molecule has 0 spiro atoms. The van der Waals surface area contributed by atoms with Gasteiger partial charge in [-0.1, -0.05) is 41.5 Å². The molecule has 0 atom stereocenters. The number of nitrogens with zero attached hydrogens (tertiary/aromatic N) is 1. The van der Waals surface area contributed by atoms with Crippen LogP contribution in [0, 0.1) is 0 Å². The molecule has 2 aromatic carbocycles. The van der Waals surface area contributed by atoms with Crippen LogP contribution in [0.3, 0.4) is 0 Å². The summed E-state index contributed by atoms with van der Waals surface area (Å²) in [6, 6.07) is 16.3. The Morgan fingerprint density at radius 3 is 2.64 bits per heavy atom. The highest BCUT2D eigenvalue weighted by Crippen LogP contribution is 2.16. The zero-order valence-electron chi connectivity index (χ0n) is 14.9. The maximum Gasteiger partial charge on any atom is 0.300 e. The summed E-state index contributed by atoms with van der Waals surface area (Å²) >= 11 is 0. The zero-order valence-corrected chi connectivity index (χ0v) is 14.9. The number of allylic oxidation sites excluding steroid dienone is 1. The van der Waals surface area contributed by atoms with E-state index in [4.69, 9.17) is 4.74 Å². The normalized spacial score (nSPS) is 15.9. The minimum atomic E-state index is 0.00510. The monoisotopic (exact) mass is 334 g/mol. The van der Waals surface area contributed by atoms with Gasteiger partial charge >= 0.3 is 5.84 Å². The van der Waals surface area contributed by atoms with Gasteiger partial charge in [-0.25, -0.2) is 0 Å². The van der Waals surface area contributed by atoms with Crippen molar-refractivity contribution in [2.45, 2.75) is 25.8 Å². The van der Waals surface area contributed by atoms with Crippen LogP contribution < -0.4 is 15.2 Å². The zero-order chi connectivity index (χ0) is 17.7. The summed E-state index contributed by atoms with van der Waals surface area (Å²) in [7, 11) is 1.67. The van der Waals surface area contributed by atoms with Gasteiger partial charge in [0.05, 0.1) is 18.9 Å². The first-order valence-electron chi connectivity index (χ1n) is 8.41. The number of hydrogen-bond acceptors (Lipinski definition) is 3. The van der Waals surface area contributed by atoms with Gasteiger partial charge in [0.15, 0.2) is 0 Å². The average molecular weight is 334 g/mol. The Bertz CT molecular complexity index is 817. The van der Waals surface area contributed by atoms with Crippen LogP contribution in [-0.2, 0) is 6.42 Å². The van der Waals surface area contributed by atoms with Crippen molar-refractivity contribution >= 4 is 18.1 Å². The van der Waals surface area contributed by atoms with Crippen LogP contribution in [0.1, 0.15) is 30.5 Å². The Balaban J connectivity index is 1.66. The second kappa shape index (κ2) is 7.34. The smallest absolute Gasteiger partial charge is 0.300 e. The fourth-order valence-corrected chi connectivity index (χ4v) is 2.95. The van der Waals surface area contributed by atoms with E-state index in [1.807, 2.05) is 42.5 Å². The van der Waals surface area contributed by atoms with E-state index in [2.05, 4.69) is 47.6 Å². The van der Waals surface area contributed by atoms with Crippen LogP contribution in [0.2, 0.25) is 0 Å². The molecule has 0 saturated heterocycles. The van der Waals surface area contributed by atoms with Gasteiger partial charge in [-0.2, -0.15) is 0 Å². The molecule has 0 aromatic heterocycles. The van der Waals surface area contributed by atoms with Crippen molar-refractivity contribution in [1.29, 1.82) is 0 Å². The molecular weight excluding hydrogens is 310 g/mol. The highest BCUT2D eigenvalue weighted by molar-refractivity contribution is 5.96. The number of methoxy groups -OCH3 is 1. The van der Waals surface area contributed by atoms with Gasteiger partial charge in [-0.15, -0.1) is 5.43 Å². The number of hydrogen-bond donors (Lipinski definition) is 2. The third kappa shape index (κ3) is 4.35. The summed E-state index contributed by atoms with van der Waals surface area (Å²) in [5.74, 6) is 1.80. The summed E-state index contributed by atoms with van der Waals surface area (Å²) in [5.41, 5.74) is 6.76. The van der Waals surface area contributed by atoms with E-state index >= 15 is 0 Å². The second-order valence-electron chi connectivity index (χ2n) is 6.74. The Morgan fingerprint density at radius 2 is 1.88 bits per heavy atom. The van der Waals surface area contributed by atoms with E-state index in [0.717, 1.165) is 23.6 Å². The van der Waals surface area contributed by atoms with Gasteiger partial charge in [0.1, 0.15) is 11.3 Å². The summed E-state index contributed by atoms with van der Waals surface area (Å²) in [4.78, 5) is 3.52. The molecule has 0 bridgehead atoms. The Hall–Kier alpha value is -2.88. The van der Waals surface area contributed by atoms with E-state index < -0.39 is 0 Å². The SMILES string of the molecule is COc1ccc(/C=C/C=N\NC2=[NH+]C(C)(C)Cc3ccccc32)cc1. The van der Waals surface area contributed by atoms with Crippen molar-refractivity contribution in [3.8, 4) is 5.75 Å². The molecule has 0 saturated carbocycles. The fraction of sp³-hybridized carbons (Fsp3) is 0.238. The quantitative estimate of drug-likeness (QED) is 0.665. The first-order chi connectivity index (χ1) is 12.1. The van der Waals surface area contributed by atoms with Crippen LogP contribution in [-0.4, -0.2) is 24.7 Å². The standard InChI is InChI=1S/C21H23N3O/c1-21(2)15-17-8-4-5-9-19(17)20(23-21)24-22-14-6-7-16-10-12-18(25-3)13-11-16/h4-14H,15H2,1-3H3,(H,23,24)/p+1/b7-6+,22-14-. The number of fused-ring (bicyclic) bond motifs is 1. The average Bonchev–Trinajstić information content (AvgIpc) is 2.61. The molecule has 0 radical (unpaired) electrons. The first-order valence-corrected chi connectivity index (χ1v) is 8.41. The van der Waals surface area contributed by atoms with Crippen LogP contribution in [0.5, 0.6) is 5.75 Å². The van der Waals surface area contributed by atoms with Crippen LogP contribution in [0.15, 0.2) is 59.7 Å². The molecule has 2 N–H and O–H groups in total. The third-order valence-corrected chi connectivity index (χ3v) is 4.12. The van der Waals surface area contributed by atoms with Crippen molar-refractivity contribution in [2.75, 3.05) is 7.11 Å². The predicted molar refractivity (Wildman–Crippen MR) is 103 cm³/mol. The number of benzene rings is 2. The highest BCUT2D eigenvalue weighted by Gasteiger charge is 2.30. The Morgan fingerprint density at radius 1 is 1.12 bits per heavy atom. The van der Waals surface area contributed by atoms with Crippen molar-refractivity contribution in [3.05, 3.63) is 71.3 Å². The molecular formula is C21H24N3O+. The Labute approximate surface area is 149 Å². The minimum Gasteiger partial charge on any atom is -0.497 e. The molecule has 4 heteroatoms. The number of nitrogens with one attached hydrogen (secondary N) is 2. The largest absolute Gasteiger partial charge is 0.497 e. The maximum atomic E-state index is 5.15. The highest BCUT2D eigenvalue weighted by atomic mass is 16.5. The number of amidine groups is 1. The predicted octanol–water partition coefficient (Wildman–Crippen LogP) is 2.15. The van der Waals surface area contributed by atoms with Gasteiger partial charge in [-0.3, -0.25) is 4.99 Å². The third-order valence-electron chi connectivity index (χ3n) is 4.12. The lowest BCUT2D eigenvalue weighted by Gasteiger charge is -2.24. The van der Waals surface area contributed by atoms with Gasteiger partial charge < -0.3 is 4.74 Å². The van der Waals surface area contributed by atoms with Crippen molar-refractivity contribution in [2.24, 2.45) is 5.10 Å². The van der Waals surface area contributed by atoms with Gasteiger partial charge in [-0.05, 0) is 49.2 Å². The summed E-state index contributed by atoms with van der Waals surface area (Å²) in [6.45, 7) is 4.38. The second-order valence-corrected chi connectivity index (χ2v) is 6.74. The van der Waals surface area contributed by atoms with E-state index in [9.17, 15) is 0 Å². The molecule has 0 amide bonds. The molecule has 2 aromatic rings. The molecule has 1 aliphatic rings. The van der Waals surface area contributed by atoms with Gasteiger partial charge in [0.2, 0.25) is 0 Å².